The number of aromatic nitrogens is 2. The van der Waals surface area contributed by atoms with E-state index >= 15 is 0 Å². The topological polar surface area (TPSA) is 34.9 Å². The number of nitrogens with zero attached hydrogens (tertiary/aromatic N) is 2. The van der Waals surface area contributed by atoms with Gasteiger partial charge in [0.15, 0.2) is 6.29 Å². The Balaban J connectivity index is 2.37. The van der Waals surface area contributed by atoms with Gasteiger partial charge in [0, 0.05) is 12.7 Å². The molecule has 0 radical (unpaired) electrons. The highest BCUT2D eigenvalue weighted by molar-refractivity contribution is 7.13. The van der Waals surface area contributed by atoms with Crippen LogP contribution in [0, 0.1) is 5.92 Å². The van der Waals surface area contributed by atoms with E-state index in [0.717, 1.165) is 23.4 Å². The van der Waals surface area contributed by atoms with Crippen molar-refractivity contribution in [1.82, 2.24) is 9.78 Å². The fraction of sp³-hybridized carbons (Fsp3) is 0.333. The predicted octanol–water partition coefficient (Wildman–Crippen LogP) is 3.08. The molecule has 2 heterocycles. The zero-order valence-corrected chi connectivity index (χ0v) is 10.2. The molecule has 2 aromatic rings. The van der Waals surface area contributed by atoms with Crippen LogP contribution < -0.4 is 0 Å². The van der Waals surface area contributed by atoms with Gasteiger partial charge in [-0.25, -0.2) is 0 Å². The van der Waals surface area contributed by atoms with Crippen LogP contribution in [0.2, 0.25) is 0 Å². The second-order valence-electron chi connectivity index (χ2n) is 4.14. The average Bonchev–Trinajstić information content (AvgIpc) is 2.83. The van der Waals surface area contributed by atoms with Crippen LogP contribution in [0.4, 0.5) is 0 Å². The van der Waals surface area contributed by atoms with E-state index in [-0.39, 0.29) is 0 Å². The van der Waals surface area contributed by atoms with Crippen LogP contribution in [0.25, 0.3) is 10.6 Å². The largest absolute Gasteiger partial charge is 0.298 e. The van der Waals surface area contributed by atoms with Crippen LogP contribution >= 0.6 is 11.3 Å². The third kappa shape index (κ3) is 2.22. The lowest BCUT2D eigenvalue weighted by Gasteiger charge is -2.03. The SMILES string of the molecule is CC(C)Cn1cc(C=O)c(-c2cccs2)n1. The molecule has 0 aliphatic carbocycles. The van der Waals surface area contributed by atoms with E-state index in [4.69, 9.17) is 0 Å². The molecule has 84 valence electrons. The second-order valence-corrected chi connectivity index (χ2v) is 5.09. The summed E-state index contributed by atoms with van der Waals surface area (Å²) in [7, 11) is 0. The van der Waals surface area contributed by atoms with Gasteiger partial charge in [-0.15, -0.1) is 11.3 Å². The quantitative estimate of drug-likeness (QED) is 0.762. The summed E-state index contributed by atoms with van der Waals surface area (Å²) in [4.78, 5) is 12.0. The molecule has 0 saturated heterocycles. The van der Waals surface area contributed by atoms with Gasteiger partial charge in [0.1, 0.15) is 5.69 Å². The van der Waals surface area contributed by atoms with E-state index in [0.29, 0.717) is 11.5 Å². The summed E-state index contributed by atoms with van der Waals surface area (Å²) in [6.07, 6.45) is 2.70. The molecule has 2 aromatic heterocycles. The minimum Gasteiger partial charge on any atom is -0.298 e. The maximum atomic E-state index is 11.0. The lowest BCUT2D eigenvalue weighted by molar-refractivity contribution is 0.112. The first-order valence-electron chi connectivity index (χ1n) is 5.27. The van der Waals surface area contributed by atoms with Crippen LogP contribution in [-0.2, 0) is 6.54 Å². The van der Waals surface area contributed by atoms with Crippen molar-refractivity contribution < 1.29 is 4.79 Å². The number of hydrogen-bond donors (Lipinski definition) is 0. The molecule has 0 aromatic carbocycles. The van der Waals surface area contributed by atoms with Gasteiger partial charge in [-0.2, -0.15) is 5.10 Å². The molecule has 2 rings (SSSR count). The molecule has 0 fully saturated rings. The fourth-order valence-electron chi connectivity index (χ4n) is 1.60. The number of rotatable bonds is 4. The average molecular weight is 234 g/mol. The first-order valence-corrected chi connectivity index (χ1v) is 6.15. The van der Waals surface area contributed by atoms with Crippen LogP contribution in [0.5, 0.6) is 0 Å². The van der Waals surface area contributed by atoms with Crippen molar-refractivity contribution in [2.75, 3.05) is 0 Å². The van der Waals surface area contributed by atoms with Gasteiger partial charge in [-0.05, 0) is 17.4 Å². The van der Waals surface area contributed by atoms with E-state index in [1.807, 2.05) is 28.4 Å². The van der Waals surface area contributed by atoms with Crippen LogP contribution in [0.15, 0.2) is 23.7 Å². The Morgan fingerprint density at radius 1 is 1.56 bits per heavy atom. The Bertz CT molecular complexity index is 471. The number of hydrogen-bond acceptors (Lipinski definition) is 3. The molecule has 0 aliphatic rings. The molecule has 16 heavy (non-hydrogen) atoms. The highest BCUT2D eigenvalue weighted by Gasteiger charge is 2.11. The van der Waals surface area contributed by atoms with E-state index in [9.17, 15) is 4.79 Å². The minimum atomic E-state index is 0.524. The van der Waals surface area contributed by atoms with Crippen molar-refractivity contribution in [3.63, 3.8) is 0 Å². The lowest BCUT2D eigenvalue weighted by atomic mass is 10.2. The maximum Gasteiger partial charge on any atom is 0.153 e. The maximum absolute atomic E-state index is 11.0. The molecular formula is C12H14N2OS. The zero-order chi connectivity index (χ0) is 11.5. The molecule has 0 unspecified atom stereocenters. The van der Waals surface area contributed by atoms with E-state index in [1.165, 1.54) is 0 Å². The van der Waals surface area contributed by atoms with Gasteiger partial charge in [0.25, 0.3) is 0 Å². The molecule has 0 aliphatic heterocycles. The molecule has 0 amide bonds. The first-order chi connectivity index (χ1) is 7.70. The lowest BCUT2D eigenvalue weighted by Crippen LogP contribution is -2.04. The zero-order valence-electron chi connectivity index (χ0n) is 9.38. The highest BCUT2D eigenvalue weighted by Crippen LogP contribution is 2.25. The molecule has 3 nitrogen and oxygen atoms in total. The summed E-state index contributed by atoms with van der Waals surface area (Å²) in [5, 5.41) is 6.45. The van der Waals surface area contributed by atoms with Gasteiger partial charge in [-0.3, -0.25) is 9.48 Å². The number of aldehydes is 1. The molecule has 0 atom stereocenters. The number of thiophene rings is 1. The van der Waals surface area contributed by atoms with Crippen molar-refractivity contribution in [3.05, 3.63) is 29.3 Å². The van der Waals surface area contributed by atoms with Crippen molar-refractivity contribution in [2.45, 2.75) is 20.4 Å². The van der Waals surface area contributed by atoms with E-state index in [2.05, 4.69) is 18.9 Å². The monoisotopic (exact) mass is 234 g/mol. The minimum absolute atomic E-state index is 0.524. The highest BCUT2D eigenvalue weighted by atomic mass is 32.1. The first kappa shape index (κ1) is 11.1. The Labute approximate surface area is 98.7 Å². The van der Waals surface area contributed by atoms with Crippen molar-refractivity contribution in [1.29, 1.82) is 0 Å². The Morgan fingerprint density at radius 2 is 2.38 bits per heavy atom. The van der Waals surface area contributed by atoms with E-state index < -0.39 is 0 Å². The molecule has 0 N–H and O–H groups in total. The number of carbonyl (C=O) groups is 1. The standard InChI is InChI=1S/C12H14N2OS/c1-9(2)6-14-7-10(8-15)12(13-14)11-4-3-5-16-11/h3-5,7-9H,6H2,1-2H3. The Kier molecular flexibility index (Phi) is 3.19. The van der Waals surface area contributed by atoms with E-state index in [1.54, 1.807) is 11.3 Å². The fourth-order valence-corrected chi connectivity index (χ4v) is 2.33. The van der Waals surface area contributed by atoms with Gasteiger partial charge >= 0.3 is 0 Å². The smallest absolute Gasteiger partial charge is 0.153 e. The molecule has 4 heteroatoms. The van der Waals surface area contributed by atoms with Crippen molar-refractivity contribution in [3.8, 4) is 10.6 Å². The summed E-state index contributed by atoms with van der Waals surface area (Å²) < 4.78 is 1.85. The Morgan fingerprint density at radius 3 is 2.94 bits per heavy atom. The van der Waals surface area contributed by atoms with Crippen LogP contribution in [0.3, 0.4) is 0 Å². The van der Waals surface area contributed by atoms with Crippen LogP contribution in [-0.4, -0.2) is 16.1 Å². The van der Waals surface area contributed by atoms with Gasteiger partial charge < -0.3 is 0 Å². The van der Waals surface area contributed by atoms with Gasteiger partial charge in [-0.1, -0.05) is 19.9 Å². The molecule has 0 spiro atoms. The normalized spacial score (nSPS) is 10.9. The van der Waals surface area contributed by atoms with Gasteiger partial charge in [0.05, 0.1) is 10.4 Å². The number of carbonyl (C=O) groups excluding carboxylic acids is 1. The molecular weight excluding hydrogens is 220 g/mol. The van der Waals surface area contributed by atoms with Crippen molar-refractivity contribution in [2.24, 2.45) is 5.92 Å². The van der Waals surface area contributed by atoms with Gasteiger partial charge in [0.2, 0.25) is 0 Å². The molecule has 0 saturated carbocycles. The summed E-state index contributed by atoms with van der Waals surface area (Å²) in [5.74, 6) is 0.524. The molecule has 0 bridgehead atoms. The Hall–Kier alpha value is -1.42. The summed E-state index contributed by atoms with van der Waals surface area (Å²) in [6, 6.07) is 3.95. The summed E-state index contributed by atoms with van der Waals surface area (Å²) in [6.45, 7) is 5.10. The summed E-state index contributed by atoms with van der Waals surface area (Å²) >= 11 is 1.60. The third-order valence-corrected chi connectivity index (χ3v) is 3.10. The van der Waals surface area contributed by atoms with Crippen LogP contribution in [0.1, 0.15) is 24.2 Å². The predicted molar refractivity (Wildman–Crippen MR) is 65.8 cm³/mol. The van der Waals surface area contributed by atoms with Crippen molar-refractivity contribution >= 4 is 17.6 Å². The summed E-state index contributed by atoms with van der Waals surface area (Å²) in [5.41, 5.74) is 1.47. The second kappa shape index (κ2) is 4.61. The third-order valence-electron chi connectivity index (χ3n) is 2.22.